The quantitative estimate of drug-likeness (QED) is 0.880. The molecule has 0 saturated carbocycles. The van der Waals surface area contributed by atoms with Gasteiger partial charge in [0.2, 0.25) is 10.0 Å². The molecular weight excluding hydrogens is 294 g/mol. The molecule has 1 fully saturated rings. The van der Waals surface area contributed by atoms with E-state index in [1.807, 2.05) is 0 Å². The van der Waals surface area contributed by atoms with Crippen molar-refractivity contribution in [1.29, 1.82) is 0 Å². The molecule has 1 aliphatic heterocycles. The molecule has 0 spiro atoms. The fourth-order valence-electron chi connectivity index (χ4n) is 1.43. The lowest BCUT2D eigenvalue weighted by atomic mass is 10.2. The zero-order chi connectivity index (χ0) is 11.8. The molecule has 0 bridgehead atoms. The summed E-state index contributed by atoms with van der Waals surface area (Å²) in [6, 6.07) is 1.61. The Balaban J connectivity index is 2.30. The summed E-state index contributed by atoms with van der Waals surface area (Å²) < 4.78 is 26.4. The summed E-state index contributed by atoms with van der Waals surface area (Å²) in [6.45, 7) is 1.41. The molecule has 5 nitrogen and oxygen atoms in total. The molecular formula is C9H12BrN3O2S. The van der Waals surface area contributed by atoms with Gasteiger partial charge < -0.3 is 5.32 Å². The van der Waals surface area contributed by atoms with Crippen molar-refractivity contribution in [2.24, 2.45) is 0 Å². The number of pyridine rings is 1. The molecule has 0 atom stereocenters. The number of likely N-dealkylation sites (N-methyl/N-ethyl adjacent to an activating group) is 1. The summed E-state index contributed by atoms with van der Waals surface area (Å²) in [4.78, 5) is 4.09. The van der Waals surface area contributed by atoms with E-state index in [4.69, 9.17) is 0 Å². The van der Waals surface area contributed by atoms with Crippen LogP contribution in [0.4, 0.5) is 0 Å². The molecule has 0 aliphatic carbocycles. The van der Waals surface area contributed by atoms with Gasteiger partial charge in [-0.05, 0) is 22.0 Å². The Bertz CT molecular complexity index is 487. The van der Waals surface area contributed by atoms with Crippen molar-refractivity contribution in [3.05, 3.63) is 22.9 Å². The standard InChI is InChI=1S/C9H12BrN3O2S/c1-13(8-4-12-5-8)16(14,15)9-2-7(10)3-11-6-9/h2-3,6,8,12H,4-5H2,1H3. The summed E-state index contributed by atoms with van der Waals surface area (Å²) in [5, 5.41) is 3.05. The van der Waals surface area contributed by atoms with E-state index in [1.165, 1.54) is 10.5 Å². The van der Waals surface area contributed by atoms with E-state index in [0.29, 0.717) is 17.6 Å². The molecule has 0 aromatic carbocycles. The summed E-state index contributed by atoms with van der Waals surface area (Å²) in [6.07, 6.45) is 2.92. The topological polar surface area (TPSA) is 62.3 Å². The lowest BCUT2D eigenvalue weighted by Crippen LogP contribution is -2.57. The lowest BCUT2D eigenvalue weighted by molar-refractivity contribution is 0.274. The normalized spacial score (nSPS) is 17.4. The van der Waals surface area contributed by atoms with Gasteiger partial charge in [-0.3, -0.25) is 4.98 Å². The second-order valence-corrected chi connectivity index (χ2v) is 6.59. The molecule has 1 aromatic heterocycles. The Kier molecular flexibility index (Phi) is 3.29. The van der Waals surface area contributed by atoms with Crippen molar-refractivity contribution in [1.82, 2.24) is 14.6 Å². The minimum Gasteiger partial charge on any atom is -0.313 e. The predicted molar refractivity (Wildman–Crippen MR) is 63.5 cm³/mol. The summed E-state index contributed by atoms with van der Waals surface area (Å²) >= 11 is 3.21. The monoisotopic (exact) mass is 305 g/mol. The highest BCUT2D eigenvalue weighted by Crippen LogP contribution is 2.20. The number of hydrogen-bond donors (Lipinski definition) is 1. The van der Waals surface area contributed by atoms with Crippen molar-refractivity contribution in [3.63, 3.8) is 0 Å². The van der Waals surface area contributed by atoms with Gasteiger partial charge in [0.25, 0.3) is 0 Å². The predicted octanol–water partition coefficient (Wildman–Crippen LogP) is 0.436. The maximum atomic E-state index is 12.2. The summed E-state index contributed by atoms with van der Waals surface area (Å²) in [5.74, 6) is 0. The highest BCUT2D eigenvalue weighted by atomic mass is 79.9. The first-order chi connectivity index (χ1) is 7.51. The van der Waals surface area contributed by atoms with Gasteiger partial charge in [-0.2, -0.15) is 4.31 Å². The average molecular weight is 306 g/mol. The number of hydrogen-bond acceptors (Lipinski definition) is 4. The molecule has 1 saturated heterocycles. The Morgan fingerprint density at radius 3 is 2.69 bits per heavy atom. The third-order valence-corrected chi connectivity index (χ3v) is 4.94. The molecule has 0 amide bonds. The first kappa shape index (κ1) is 12.0. The van der Waals surface area contributed by atoms with Gasteiger partial charge in [-0.1, -0.05) is 0 Å². The van der Waals surface area contributed by atoms with E-state index in [0.717, 1.165) is 0 Å². The fourth-order valence-corrected chi connectivity index (χ4v) is 3.29. The Morgan fingerprint density at radius 2 is 2.19 bits per heavy atom. The van der Waals surface area contributed by atoms with E-state index in [1.54, 1.807) is 19.3 Å². The van der Waals surface area contributed by atoms with Crippen molar-refractivity contribution < 1.29 is 8.42 Å². The molecule has 2 heterocycles. The maximum Gasteiger partial charge on any atom is 0.244 e. The molecule has 2 rings (SSSR count). The number of nitrogens with zero attached hydrogens (tertiary/aromatic N) is 2. The summed E-state index contributed by atoms with van der Waals surface area (Å²) in [5.41, 5.74) is 0. The highest BCUT2D eigenvalue weighted by molar-refractivity contribution is 9.10. The fraction of sp³-hybridized carbons (Fsp3) is 0.444. The van der Waals surface area contributed by atoms with Crippen LogP contribution >= 0.6 is 15.9 Å². The molecule has 0 unspecified atom stereocenters. The molecule has 0 radical (unpaired) electrons. The van der Waals surface area contributed by atoms with E-state index >= 15 is 0 Å². The minimum absolute atomic E-state index is 0.0454. The van der Waals surface area contributed by atoms with Crippen molar-refractivity contribution in [2.75, 3.05) is 20.1 Å². The van der Waals surface area contributed by atoms with Gasteiger partial charge in [0.15, 0.2) is 0 Å². The van der Waals surface area contributed by atoms with E-state index in [9.17, 15) is 8.42 Å². The first-order valence-electron chi connectivity index (χ1n) is 4.81. The molecule has 1 aliphatic rings. The number of rotatable bonds is 3. The summed E-state index contributed by atoms with van der Waals surface area (Å²) in [7, 11) is -1.82. The zero-order valence-corrected chi connectivity index (χ0v) is 11.1. The maximum absolute atomic E-state index is 12.2. The molecule has 7 heteroatoms. The molecule has 1 aromatic rings. The number of sulfonamides is 1. The average Bonchev–Trinajstić information content (AvgIpc) is 2.15. The lowest BCUT2D eigenvalue weighted by Gasteiger charge is -2.34. The van der Waals surface area contributed by atoms with Gasteiger partial charge in [0.1, 0.15) is 4.90 Å². The third-order valence-electron chi connectivity index (χ3n) is 2.63. The van der Waals surface area contributed by atoms with Crippen molar-refractivity contribution in [2.45, 2.75) is 10.9 Å². The third kappa shape index (κ3) is 2.13. The SMILES string of the molecule is CN(C1CNC1)S(=O)(=O)c1cncc(Br)c1. The highest BCUT2D eigenvalue weighted by Gasteiger charge is 2.31. The van der Waals surface area contributed by atoms with E-state index in [-0.39, 0.29) is 10.9 Å². The Morgan fingerprint density at radius 1 is 1.50 bits per heavy atom. The van der Waals surface area contributed by atoms with Gasteiger partial charge in [-0.25, -0.2) is 8.42 Å². The van der Waals surface area contributed by atoms with Crippen LogP contribution in [0.2, 0.25) is 0 Å². The van der Waals surface area contributed by atoms with Crippen LogP contribution in [0.25, 0.3) is 0 Å². The van der Waals surface area contributed by atoms with E-state index < -0.39 is 10.0 Å². The van der Waals surface area contributed by atoms with Gasteiger partial charge in [-0.15, -0.1) is 0 Å². The molecule has 16 heavy (non-hydrogen) atoms. The number of halogens is 1. The second-order valence-electron chi connectivity index (χ2n) is 3.67. The smallest absolute Gasteiger partial charge is 0.244 e. The second kappa shape index (κ2) is 4.40. The Hall–Kier alpha value is -0.500. The van der Waals surface area contributed by atoms with Crippen molar-refractivity contribution >= 4 is 26.0 Å². The van der Waals surface area contributed by atoms with Gasteiger partial charge >= 0.3 is 0 Å². The van der Waals surface area contributed by atoms with Crippen LogP contribution in [-0.4, -0.2) is 43.9 Å². The Labute approximate surface area is 103 Å². The molecule has 88 valence electrons. The minimum atomic E-state index is -3.42. The van der Waals surface area contributed by atoms with Crippen LogP contribution in [0.3, 0.4) is 0 Å². The molecule has 1 N–H and O–H groups in total. The first-order valence-corrected chi connectivity index (χ1v) is 7.04. The van der Waals surface area contributed by atoms with Gasteiger partial charge in [0.05, 0.1) is 0 Å². The van der Waals surface area contributed by atoms with Crippen LogP contribution < -0.4 is 5.32 Å². The van der Waals surface area contributed by atoms with Crippen molar-refractivity contribution in [3.8, 4) is 0 Å². The van der Waals surface area contributed by atoms with Crippen LogP contribution in [0.15, 0.2) is 27.8 Å². The van der Waals surface area contributed by atoms with Crippen LogP contribution in [0, 0.1) is 0 Å². The largest absolute Gasteiger partial charge is 0.313 e. The zero-order valence-electron chi connectivity index (χ0n) is 8.72. The van der Waals surface area contributed by atoms with Crippen LogP contribution in [0.1, 0.15) is 0 Å². The number of aromatic nitrogens is 1. The van der Waals surface area contributed by atoms with Crippen LogP contribution in [-0.2, 0) is 10.0 Å². The van der Waals surface area contributed by atoms with Crippen LogP contribution in [0.5, 0.6) is 0 Å². The van der Waals surface area contributed by atoms with E-state index in [2.05, 4.69) is 26.2 Å². The van der Waals surface area contributed by atoms with Gasteiger partial charge in [0, 0.05) is 43.0 Å². The number of nitrogens with one attached hydrogen (secondary N) is 1.